The molecular weight excluding hydrogens is 420 g/mol. The quantitative estimate of drug-likeness (QED) is 0.427. The Labute approximate surface area is 192 Å². The first-order valence-electron chi connectivity index (χ1n) is 10.5. The summed E-state index contributed by atoms with van der Waals surface area (Å²) in [5.74, 6) is 1.81. The largest absolute Gasteiger partial charge is 0.507 e. The topological polar surface area (TPSA) is 103 Å². The molecule has 2 N–H and O–H groups in total. The first kappa shape index (κ1) is 22.1. The van der Waals surface area contributed by atoms with Crippen LogP contribution < -0.4 is 9.47 Å². The lowest BCUT2D eigenvalue weighted by Gasteiger charge is -2.16. The minimum Gasteiger partial charge on any atom is -0.507 e. The van der Waals surface area contributed by atoms with Crippen LogP contribution in [0.15, 0.2) is 54.6 Å². The van der Waals surface area contributed by atoms with Crippen molar-refractivity contribution in [2.45, 2.75) is 26.3 Å². The molecule has 0 saturated heterocycles. The van der Waals surface area contributed by atoms with Crippen LogP contribution in [0.2, 0.25) is 0 Å². The first-order valence-corrected chi connectivity index (χ1v) is 10.5. The van der Waals surface area contributed by atoms with Crippen LogP contribution in [0.25, 0.3) is 22.5 Å². The highest BCUT2D eigenvalue weighted by Crippen LogP contribution is 2.43. The molecule has 0 aliphatic carbocycles. The van der Waals surface area contributed by atoms with E-state index in [2.05, 4.69) is 29.4 Å². The van der Waals surface area contributed by atoms with Crippen LogP contribution >= 0.6 is 0 Å². The highest BCUT2D eigenvalue weighted by Gasteiger charge is 2.20. The van der Waals surface area contributed by atoms with Gasteiger partial charge in [-0.25, -0.2) is 4.68 Å². The molecule has 0 unspecified atom stereocenters. The summed E-state index contributed by atoms with van der Waals surface area (Å²) in [6.45, 7) is 4.57. The van der Waals surface area contributed by atoms with Crippen LogP contribution in [-0.4, -0.2) is 44.6 Å². The van der Waals surface area contributed by atoms with Crippen LogP contribution in [0.1, 0.15) is 30.9 Å². The predicted molar refractivity (Wildman–Crippen MR) is 125 cm³/mol. The zero-order valence-electron chi connectivity index (χ0n) is 19.0. The molecule has 0 fully saturated rings. The molecule has 0 spiro atoms. The average Bonchev–Trinajstić information content (AvgIpc) is 3.26. The maximum absolute atomic E-state index is 10.7. The summed E-state index contributed by atoms with van der Waals surface area (Å²) in [4.78, 5) is 0. The zero-order valence-corrected chi connectivity index (χ0v) is 19.0. The van der Waals surface area contributed by atoms with Crippen molar-refractivity contribution in [2.24, 2.45) is 0 Å². The van der Waals surface area contributed by atoms with E-state index in [4.69, 9.17) is 9.47 Å². The van der Waals surface area contributed by atoms with Gasteiger partial charge in [-0.05, 0) is 57.8 Å². The number of aromatic hydroxyl groups is 2. The second kappa shape index (κ2) is 9.20. The van der Waals surface area contributed by atoms with Gasteiger partial charge in [0.25, 0.3) is 0 Å². The molecule has 0 saturated carbocycles. The average molecular weight is 447 g/mol. The molecule has 3 aromatic carbocycles. The van der Waals surface area contributed by atoms with Gasteiger partial charge in [-0.3, -0.25) is 0 Å². The molecule has 1 aromatic heterocycles. The summed E-state index contributed by atoms with van der Waals surface area (Å²) < 4.78 is 12.4. The minimum absolute atomic E-state index is 0.0673. The Hall–Kier alpha value is -4.07. The van der Waals surface area contributed by atoms with Gasteiger partial charge in [-0.2, -0.15) is 0 Å². The van der Waals surface area contributed by atoms with Crippen molar-refractivity contribution in [2.75, 3.05) is 14.2 Å². The van der Waals surface area contributed by atoms with E-state index in [1.165, 1.54) is 6.07 Å². The molecule has 8 heteroatoms. The molecule has 33 heavy (non-hydrogen) atoms. The number of hydrogen-bond acceptors (Lipinski definition) is 7. The van der Waals surface area contributed by atoms with Gasteiger partial charge in [-0.15, -0.1) is 5.10 Å². The molecule has 0 radical (unpaired) electrons. The summed E-state index contributed by atoms with van der Waals surface area (Å²) in [6, 6.07) is 16.4. The number of aromatic nitrogens is 4. The second-order valence-electron chi connectivity index (χ2n) is 8.01. The Bertz CT molecular complexity index is 1280. The van der Waals surface area contributed by atoms with E-state index < -0.39 is 0 Å². The van der Waals surface area contributed by atoms with Crippen LogP contribution in [0.3, 0.4) is 0 Å². The Balaban J connectivity index is 1.80. The van der Waals surface area contributed by atoms with E-state index >= 15 is 0 Å². The third kappa shape index (κ3) is 4.45. The number of phenolic OH excluding ortho intramolecular Hbond substituents is 2. The Morgan fingerprint density at radius 2 is 1.67 bits per heavy atom. The molecule has 8 nitrogen and oxygen atoms in total. The van der Waals surface area contributed by atoms with Gasteiger partial charge in [0, 0.05) is 17.2 Å². The molecule has 4 aromatic rings. The summed E-state index contributed by atoms with van der Waals surface area (Å²) >= 11 is 0. The molecule has 0 aliphatic rings. The van der Waals surface area contributed by atoms with Crippen molar-refractivity contribution in [1.82, 2.24) is 20.2 Å². The molecule has 0 bridgehead atoms. The van der Waals surface area contributed by atoms with Crippen molar-refractivity contribution in [1.29, 1.82) is 0 Å². The maximum Gasteiger partial charge on any atom is 0.186 e. The van der Waals surface area contributed by atoms with Crippen molar-refractivity contribution >= 4 is 0 Å². The normalized spacial score (nSPS) is 11.1. The summed E-state index contributed by atoms with van der Waals surface area (Å²) in [7, 11) is 3.20. The fraction of sp³-hybridized carbons (Fsp3) is 0.240. The van der Waals surface area contributed by atoms with E-state index in [-0.39, 0.29) is 11.5 Å². The van der Waals surface area contributed by atoms with Gasteiger partial charge in [0.1, 0.15) is 23.0 Å². The Morgan fingerprint density at radius 1 is 0.879 bits per heavy atom. The molecular formula is C25H26N4O4. The first-order chi connectivity index (χ1) is 15.9. The second-order valence-corrected chi connectivity index (χ2v) is 8.01. The fourth-order valence-corrected chi connectivity index (χ4v) is 3.72. The van der Waals surface area contributed by atoms with E-state index in [0.717, 1.165) is 16.9 Å². The minimum atomic E-state index is -0.128. The van der Waals surface area contributed by atoms with Crippen molar-refractivity contribution in [3.8, 4) is 45.5 Å². The lowest BCUT2D eigenvalue weighted by molar-refractivity contribution is 0.414. The number of hydrogen-bond donors (Lipinski definition) is 2. The number of ether oxygens (including phenoxy) is 2. The van der Waals surface area contributed by atoms with Gasteiger partial charge in [0.05, 0.1) is 26.3 Å². The highest BCUT2D eigenvalue weighted by atomic mass is 16.5. The van der Waals surface area contributed by atoms with Crippen LogP contribution in [-0.2, 0) is 6.54 Å². The number of benzene rings is 3. The van der Waals surface area contributed by atoms with E-state index in [9.17, 15) is 10.2 Å². The summed E-state index contributed by atoms with van der Waals surface area (Å²) in [6.07, 6.45) is 0. The smallest absolute Gasteiger partial charge is 0.186 e. The van der Waals surface area contributed by atoms with Crippen molar-refractivity contribution < 1.29 is 19.7 Å². The SMILES string of the molecule is COc1cccc(Cn2nnnc2-c2cc(-c3cc(C(C)C)ccc3OC)c(O)cc2O)c1. The lowest BCUT2D eigenvalue weighted by Crippen LogP contribution is -2.05. The zero-order chi connectivity index (χ0) is 23.5. The number of rotatable bonds is 7. The standard InChI is InChI=1S/C25H26N4O4/c1-15(2)17-8-9-24(33-4)20(11-17)19-12-21(23(31)13-22(19)30)25-26-27-28-29(25)14-16-6-5-7-18(10-16)32-3/h5-13,15,30-31H,14H2,1-4H3. The van der Waals surface area contributed by atoms with Crippen LogP contribution in [0, 0.1) is 0 Å². The Kier molecular flexibility index (Phi) is 6.17. The molecule has 4 rings (SSSR count). The Morgan fingerprint density at radius 3 is 2.39 bits per heavy atom. The van der Waals surface area contributed by atoms with Gasteiger partial charge >= 0.3 is 0 Å². The summed E-state index contributed by atoms with van der Waals surface area (Å²) in [5, 5.41) is 33.4. The van der Waals surface area contributed by atoms with Gasteiger partial charge < -0.3 is 19.7 Å². The third-order valence-electron chi connectivity index (χ3n) is 5.53. The third-order valence-corrected chi connectivity index (χ3v) is 5.53. The molecule has 170 valence electrons. The molecule has 0 amide bonds. The van der Waals surface area contributed by atoms with Gasteiger partial charge in [0.2, 0.25) is 0 Å². The fourth-order valence-electron chi connectivity index (χ4n) is 3.72. The lowest BCUT2D eigenvalue weighted by atomic mass is 9.94. The number of nitrogens with zero attached hydrogens (tertiary/aromatic N) is 4. The number of methoxy groups -OCH3 is 2. The number of tetrazole rings is 1. The van der Waals surface area contributed by atoms with Gasteiger partial charge in [-0.1, -0.05) is 32.0 Å². The predicted octanol–water partition coefficient (Wildman–Crippen LogP) is 4.61. The van der Waals surface area contributed by atoms with Gasteiger partial charge in [0.15, 0.2) is 5.82 Å². The van der Waals surface area contributed by atoms with Crippen molar-refractivity contribution in [3.05, 3.63) is 65.7 Å². The van der Waals surface area contributed by atoms with E-state index in [1.54, 1.807) is 25.0 Å². The molecule has 1 heterocycles. The monoisotopic (exact) mass is 446 g/mol. The number of phenols is 2. The van der Waals surface area contributed by atoms with Crippen LogP contribution in [0.4, 0.5) is 0 Å². The van der Waals surface area contributed by atoms with E-state index in [0.29, 0.717) is 40.7 Å². The summed E-state index contributed by atoms with van der Waals surface area (Å²) in [5.41, 5.74) is 3.66. The highest BCUT2D eigenvalue weighted by molar-refractivity contribution is 5.82. The molecule has 0 atom stereocenters. The molecule has 0 aliphatic heterocycles. The van der Waals surface area contributed by atoms with E-state index in [1.807, 2.05) is 42.5 Å². The maximum atomic E-state index is 10.7. The van der Waals surface area contributed by atoms with Crippen molar-refractivity contribution in [3.63, 3.8) is 0 Å². The van der Waals surface area contributed by atoms with Crippen LogP contribution in [0.5, 0.6) is 23.0 Å².